The number of hydrogen-bond acceptors (Lipinski definition) is 2. The second kappa shape index (κ2) is 4.14. The van der Waals surface area contributed by atoms with Crippen molar-refractivity contribution < 1.29 is 9.90 Å². The van der Waals surface area contributed by atoms with E-state index in [9.17, 15) is 4.79 Å². The van der Waals surface area contributed by atoms with E-state index < -0.39 is 5.97 Å². The molecule has 1 N–H and O–H groups in total. The summed E-state index contributed by atoms with van der Waals surface area (Å²) in [5.74, 6) is -0.884. The van der Waals surface area contributed by atoms with E-state index in [-0.39, 0.29) is 6.42 Å². The minimum absolute atomic E-state index is 0.0710. The average Bonchev–Trinajstić information content (AvgIpc) is 2.04. The summed E-state index contributed by atoms with van der Waals surface area (Å²) >= 11 is 4.96. The predicted molar refractivity (Wildman–Crippen MR) is 55.1 cm³/mol. The van der Waals surface area contributed by atoms with Crippen LogP contribution >= 0.6 is 12.2 Å². The number of carbonyl (C=O) groups is 1. The standard InChI is InChI=1S/C10H10O2S/c1-7-2-4-8(5-3-7)9(13)6-10(11)12/h2-5H,6H2,1H3,(H,11,12). The van der Waals surface area contributed by atoms with Crippen LogP contribution in [0.15, 0.2) is 24.3 Å². The molecule has 0 aliphatic rings. The van der Waals surface area contributed by atoms with Crippen LogP contribution in [0.1, 0.15) is 17.5 Å². The highest BCUT2D eigenvalue weighted by Gasteiger charge is 2.05. The molecule has 68 valence electrons. The topological polar surface area (TPSA) is 37.3 Å². The van der Waals surface area contributed by atoms with Crippen molar-refractivity contribution in [2.75, 3.05) is 0 Å². The third kappa shape index (κ3) is 2.95. The van der Waals surface area contributed by atoms with E-state index in [2.05, 4.69) is 0 Å². The Labute approximate surface area is 82.2 Å². The molecule has 0 aliphatic heterocycles. The molecule has 1 rings (SSSR count). The van der Waals surface area contributed by atoms with Crippen LogP contribution in [0.4, 0.5) is 0 Å². The molecule has 1 aromatic carbocycles. The van der Waals surface area contributed by atoms with Crippen molar-refractivity contribution >= 4 is 23.1 Å². The van der Waals surface area contributed by atoms with Crippen molar-refractivity contribution in [1.29, 1.82) is 0 Å². The number of aryl methyl sites for hydroxylation is 1. The lowest BCUT2D eigenvalue weighted by atomic mass is 10.1. The monoisotopic (exact) mass is 194 g/mol. The van der Waals surface area contributed by atoms with Gasteiger partial charge in [0.1, 0.15) is 0 Å². The second-order valence-corrected chi connectivity index (χ2v) is 3.35. The lowest BCUT2D eigenvalue weighted by molar-refractivity contribution is -0.135. The molecule has 0 radical (unpaired) electrons. The molecule has 0 atom stereocenters. The molecule has 0 saturated carbocycles. The number of carboxylic acids is 1. The Morgan fingerprint density at radius 2 is 1.92 bits per heavy atom. The Morgan fingerprint density at radius 3 is 2.38 bits per heavy atom. The third-order valence-electron chi connectivity index (χ3n) is 1.69. The molecule has 0 bridgehead atoms. The van der Waals surface area contributed by atoms with Gasteiger partial charge in [0.15, 0.2) is 0 Å². The van der Waals surface area contributed by atoms with Crippen LogP contribution in [-0.2, 0) is 4.79 Å². The summed E-state index contributed by atoms with van der Waals surface area (Å²) in [6.45, 7) is 1.98. The van der Waals surface area contributed by atoms with Gasteiger partial charge in [-0.05, 0) is 12.5 Å². The number of benzene rings is 1. The maximum atomic E-state index is 10.4. The van der Waals surface area contributed by atoms with Crippen molar-refractivity contribution in [2.24, 2.45) is 0 Å². The molecule has 0 spiro atoms. The first kappa shape index (κ1) is 9.86. The Balaban J connectivity index is 2.78. The summed E-state index contributed by atoms with van der Waals surface area (Å²) in [4.78, 5) is 10.8. The second-order valence-electron chi connectivity index (χ2n) is 2.86. The third-order valence-corrected chi connectivity index (χ3v) is 2.07. The largest absolute Gasteiger partial charge is 0.481 e. The number of aliphatic carboxylic acids is 1. The molecule has 13 heavy (non-hydrogen) atoms. The van der Waals surface area contributed by atoms with Crippen LogP contribution in [0, 0.1) is 6.92 Å². The Kier molecular flexibility index (Phi) is 3.14. The SMILES string of the molecule is Cc1ccc(C(=S)CC(=O)O)cc1. The number of rotatable bonds is 3. The predicted octanol–water partition coefficient (Wildman–Crippen LogP) is 2.19. The lowest BCUT2D eigenvalue weighted by Gasteiger charge is -2.00. The molecule has 2 nitrogen and oxygen atoms in total. The fourth-order valence-electron chi connectivity index (χ4n) is 0.979. The minimum atomic E-state index is -0.884. The van der Waals surface area contributed by atoms with E-state index in [1.54, 1.807) is 0 Å². The van der Waals surface area contributed by atoms with Gasteiger partial charge in [-0.3, -0.25) is 4.79 Å². The fourth-order valence-corrected chi connectivity index (χ4v) is 1.24. The number of carboxylic acid groups (broad SMARTS) is 1. The highest BCUT2D eigenvalue weighted by Crippen LogP contribution is 2.07. The van der Waals surface area contributed by atoms with E-state index in [0.29, 0.717) is 4.86 Å². The molecule has 3 heteroatoms. The van der Waals surface area contributed by atoms with Crippen LogP contribution in [-0.4, -0.2) is 15.9 Å². The van der Waals surface area contributed by atoms with Crippen molar-refractivity contribution in [3.05, 3.63) is 35.4 Å². The lowest BCUT2D eigenvalue weighted by Crippen LogP contribution is -2.05. The van der Waals surface area contributed by atoms with E-state index in [1.165, 1.54) is 0 Å². The van der Waals surface area contributed by atoms with Gasteiger partial charge >= 0.3 is 5.97 Å². The zero-order valence-corrected chi connectivity index (χ0v) is 8.10. The summed E-state index contributed by atoms with van der Waals surface area (Å²) < 4.78 is 0. The van der Waals surface area contributed by atoms with Gasteiger partial charge in [-0.15, -0.1) is 0 Å². The van der Waals surface area contributed by atoms with Crippen molar-refractivity contribution in [1.82, 2.24) is 0 Å². The molecule has 1 aromatic rings. The number of hydrogen-bond donors (Lipinski definition) is 1. The Hall–Kier alpha value is -1.22. The normalized spacial score (nSPS) is 9.62. The van der Waals surface area contributed by atoms with Crippen LogP contribution in [0.3, 0.4) is 0 Å². The fraction of sp³-hybridized carbons (Fsp3) is 0.200. The van der Waals surface area contributed by atoms with Gasteiger partial charge in [-0.1, -0.05) is 42.0 Å². The van der Waals surface area contributed by atoms with Crippen LogP contribution in [0.2, 0.25) is 0 Å². The van der Waals surface area contributed by atoms with E-state index >= 15 is 0 Å². The van der Waals surface area contributed by atoms with Crippen LogP contribution < -0.4 is 0 Å². The maximum absolute atomic E-state index is 10.4. The minimum Gasteiger partial charge on any atom is -0.481 e. The summed E-state index contributed by atoms with van der Waals surface area (Å²) in [6.07, 6.45) is -0.0710. The summed E-state index contributed by atoms with van der Waals surface area (Å²) in [7, 11) is 0. The van der Waals surface area contributed by atoms with Crippen molar-refractivity contribution in [2.45, 2.75) is 13.3 Å². The van der Waals surface area contributed by atoms with Gasteiger partial charge in [-0.25, -0.2) is 0 Å². The molecule has 0 aliphatic carbocycles. The quantitative estimate of drug-likeness (QED) is 0.592. The van der Waals surface area contributed by atoms with Crippen molar-refractivity contribution in [3.8, 4) is 0 Å². The highest BCUT2D eigenvalue weighted by molar-refractivity contribution is 7.80. The van der Waals surface area contributed by atoms with Crippen LogP contribution in [0.25, 0.3) is 0 Å². The van der Waals surface area contributed by atoms with E-state index in [0.717, 1.165) is 11.1 Å². The Morgan fingerprint density at radius 1 is 1.38 bits per heavy atom. The highest BCUT2D eigenvalue weighted by atomic mass is 32.1. The summed E-state index contributed by atoms with van der Waals surface area (Å²) in [5.41, 5.74) is 1.96. The molecule has 0 unspecified atom stereocenters. The van der Waals surface area contributed by atoms with Crippen LogP contribution in [0.5, 0.6) is 0 Å². The average molecular weight is 194 g/mol. The van der Waals surface area contributed by atoms with E-state index in [1.807, 2.05) is 31.2 Å². The van der Waals surface area contributed by atoms with Gasteiger partial charge in [-0.2, -0.15) is 0 Å². The first-order valence-corrected chi connectivity index (χ1v) is 4.32. The van der Waals surface area contributed by atoms with Gasteiger partial charge in [0, 0.05) is 4.86 Å². The smallest absolute Gasteiger partial charge is 0.308 e. The van der Waals surface area contributed by atoms with Gasteiger partial charge in [0.2, 0.25) is 0 Å². The molecule has 0 amide bonds. The first-order chi connectivity index (χ1) is 6.09. The Bertz CT molecular complexity index is 327. The molecule has 0 saturated heterocycles. The number of thiocarbonyl (C=S) groups is 1. The molecule has 0 aromatic heterocycles. The van der Waals surface area contributed by atoms with Gasteiger partial charge in [0.25, 0.3) is 0 Å². The zero-order chi connectivity index (χ0) is 9.84. The van der Waals surface area contributed by atoms with E-state index in [4.69, 9.17) is 17.3 Å². The molecular formula is C10H10O2S. The maximum Gasteiger partial charge on any atom is 0.308 e. The molecule has 0 heterocycles. The first-order valence-electron chi connectivity index (χ1n) is 3.91. The van der Waals surface area contributed by atoms with Gasteiger partial charge in [0.05, 0.1) is 6.42 Å². The zero-order valence-electron chi connectivity index (χ0n) is 7.28. The van der Waals surface area contributed by atoms with Crippen molar-refractivity contribution in [3.63, 3.8) is 0 Å². The van der Waals surface area contributed by atoms with Gasteiger partial charge < -0.3 is 5.11 Å². The summed E-state index contributed by atoms with van der Waals surface area (Å²) in [5, 5.41) is 8.51. The summed E-state index contributed by atoms with van der Waals surface area (Å²) in [6, 6.07) is 7.54. The molecule has 0 fully saturated rings. The molecular weight excluding hydrogens is 184 g/mol.